The fourth-order valence-electron chi connectivity index (χ4n) is 1.59. The molecule has 1 atom stereocenters. The number of hydrogen-bond donors (Lipinski definition) is 1. The first-order valence-corrected chi connectivity index (χ1v) is 6.85. The smallest absolute Gasteiger partial charge is 0.0849 e. The van der Waals surface area contributed by atoms with Crippen molar-refractivity contribution in [3.63, 3.8) is 0 Å². The van der Waals surface area contributed by atoms with E-state index in [9.17, 15) is 5.11 Å². The highest BCUT2D eigenvalue weighted by Gasteiger charge is 2.12. The van der Waals surface area contributed by atoms with Gasteiger partial charge in [-0.1, -0.05) is 29.8 Å². The first-order valence-electron chi connectivity index (χ1n) is 5.12. The van der Waals surface area contributed by atoms with Crippen molar-refractivity contribution in [3.8, 4) is 0 Å². The molecule has 1 heterocycles. The molecule has 0 saturated heterocycles. The van der Waals surface area contributed by atoms with Gasteiger partial charge in [0.05, 0.1) is 6.10 Å². The molecular formula is C13H13BrOS. The summed E-state index contributed by atoms with van der Waals surface area (Å²) in [5, 5.41) is 14.1. The van der Waals surface area contributed by atoms with Crippen LogP contribution in [0.3, 0.4) is 0 Å². The molecular weight excluding hydrogens is 284 g/mol. The summed E-state index contributed by atoms with van der Waals surface area (Å²) >= 11 is 5.04. The van der Waals surface area contributed by atoms with Gasteiger partial charge in [-0.05, 0) is 33.8 Å². The van der Waals surface area contributed by atoms with Crippen molar-refractivity contribution in [1.29, 1.82) is 0 Å². The first kappa shape index (κ1) is 11.8. The van der Waals surface area contributed by atoms with Gasteiger partial charge in [-0.25, -0.2) is 0 Å². The lowest BCUT2D eigenvalue weighted by Crippen LogP contribution is -2.01. The van der Waals surface area contributed by atoms with E-state index in [0.717, 1.165) is 15.6 Å². The zero-order valence-corrected chi connectivity index (χ0v) is 11.4. The summed E-state index contributed by atoms with van der Waals surface area (Å²) in [4.78, 5) is 0. The van der Waals surface area contributed by atoms with Gasteiger partial charge in [0.25, 0.3) is 0 Å². The Labute approximate surface area is 108 Å². The standard InChI is InChI=1S/C13H13BrOS/c1-9-2-4-10(5-3-9)6-13(15)11-7-16-8-12(11)14/h2-5,7-8,13,15H,6H2,1H3. The minimum Gasteiger partial charge on any atom is -0.388 e. The highest BCUT2D eigenvalue weighted by molar-refractivity contribution is 9.10. The number of aliphatic hydroxyl groups is 1. The Morgan fingerprint density at radius 3 is 2.50 bits per heavy atom. The minimum atomic E-state index is -0.427. The first-order chi connectivity index (χ1) is 7.66. The van der Waals surface area contributed by atoms with Gasteiger partial charge in [0.1, 0.15) is 0 Å². The topological polar surface area (TPSA) is 20.2 Å². The van der Waals surface area contributed by atoms with Crippen molar-refractivity contribution >= 4 is 27.3 Å². The molecule has 1 unspecified atom stereocenters. The molecule has 0 fully saturated rings. The minimum absolute atomic E-state index is 0.427. The van der Waals surface area contributed by atoms with Gasteiger partial charge >= 0.3 is 0 Å². The summed E-state index contributed by atoms with van der Waals surface area (Å²) in [5.74, 6) is 0. The number of aryl methyl sites for hydroxylation is 1. The predicted octanol–water partition coefficient (Wildman–Crippen LogP) is 4.10. The van der Waals surface area contributed by atoms with Crippen LogP contribution < -0.4 is 0 Å². The summed E-state index contributed by atoms with van der Waals surface area (Å²) < 4.78 is 0.997. The monoisotopic (exact) mass is 296 g/mol. The number of thiophene rings is 1. The summed E-state index contributed by atoms with van der Waals surface area (Å²) in [5.41, 5.74) is 3.39. The normalized spacial score (nSPS) is 12.7. The van der Waals surface area contributed by atoms with Crippen LogP contribution in [0.4, 0.5) is 0 Å². The summed E-state index contributed by atoms with van der Waals surface area (Å²) in [6.07, 6.45) is 0.235. The second kappa shape index (κ2) is 5.13. The largest absolute Gasteiger partial charge is 0.388 e. The quantitative estimate of drug-likeness (QED) is 0.904. The molecule has 2 rings (SSSR count). The van der Waals surface area contributed by atoms with E-state index in [-0.39, 0.29) is 0 Å². The van der Waals surface area contributed by atoms with E-state index in [1.165, 1.54) is 5.56 Å². The van der Waals surface area contributed by atoms with Gasteiger partial charge in [-0.2, -0.15) is 11.3 Å². The van der Waals surface area contributed by atoms with Gasteiger partial charge in [-0.15, -0.1) is 0 Å². The molecule has 16 heavy (non-hydrogen) atoms. The highest BCUT2D eigenvalue weighted by Crippen LogP contribution is 2.29. The molecule has 84 valence electrons. The fraction of sp³-hybridized carbons (Fsp3) is 0.231. The van der Waals surface area contributed by atoms with Crippen LogP contribution in [0.1, 0.15) is 22.8 Å². The van der Waals surface area contributed by atoms with E-state index in [2.05, 4.69) is 47.1 Å². The third-order valence-corrected chi connectivity index (χ3v) is 4.30. The lowest BCUT2D eigenvalue weighted by atomic mass is 10.0. The van der Waals surface area contributed by atoms with Crippen LogP contribution in [0.5, 0.6) is 0 Å². The maximum absolute atomic E-state index is 10.1. The van der Waals surface area contributed by atoms with Crippen molar-refractivity contribution in [2.45, 2.75) is 19.4 Å². The number of hydrogen-bond acceptors (Lipinski definition) is 2. The molecule has 0 saturated carbocycles. The lowest BCUT2D eigenvalue weighted by molar-refractivity contribution is 0.178. The van der Waals surface area contributed by atoms with Gasteiger partial charge in [0.2, 0.25) is 0 Å². The number of benzene rings is 1. The highest BCUT2D eigenvalue weighted by atomic mass is 79.9. The molecule has 0 bridgehead atoms. The van der Waals surface area contributed by atoms with Crippen LogP contribution in [-0.4, -0.2) is 5.11 Å². The Morgan fingerprint density at radius 2 is 1.94 bits per heavy atom. The van der Waals surface area contributed by atoms with E-state index < -0.39 is 6.10 Å². The molecule has 1 aromatic carbocycles. The SMILES string of the molecule is Cc1ccc(CC(O)c2cscc2Br)cc1. The van der Waals surface area contributed by atoms with Crippen LogP contribution in [0.15, 0.2) is 39.5 Å². The zero-order valence-electron chi connectivity index (χ0n) is 8.98. The molecule has 0 spiro atoms. The average molecular weight is 297 g/mol. The zero-order chi connectivity index (χ0) is 11.5. The second-order valence-corrected chi connectivity index (χ2v) is 5.48. The molecule has 0 aliphatic heterocycles. The molecule has 1 N–H and O–H groups in total. The number of rotatable bonds is 3. The molecule has 2 aromatic rings. The third kappa shape index (κ3) is 2.73. The molecule has 1 aromatic heterocycles. The van der Waals surface area contributed by atoms with Crippen molar-refractivity contribution < 1.29 is 5.11 Å². The summed E-state index contributed by atoms with van der Waals surface area (Å²) in [6.45, 7) is 2.07. The van der Waals surface area contributed by atoms with Gasteiger partial charge in [0, 0.05) is 21.8 Å². The van der Waals surface area contributed by atoms with Gasteiger partial charge < -0.3 is 5.11 Å². The fourth-order valence-corrected chi connectivity index (χ4v) is 3.19. The summed E-state index contributed by atoms with van der Waals surface area (Å²) in [7, 11) is 0. The van der Waals surface area contributed by atoms with Crippen molar-refractivity contribution in [3.05, 3.63) is 56.2 Å². The van der Waals surface area contributed by atoms with Crippen molar-refractivity contribution in [2.24, 2.45) is 0 Å². The predicted molar refractivity (Wildman–Crippen MR) is 71.9 cm³/mol. The average Bonchev–Trinajstić information content (AvgIpc) is 2.68. The maximum atomic E-state index is 10.1. The molecule has 0 aliphatic rings. The van der Waals surface area contributed by atoms with Gasteiger partial charge in [0.15, 0.2) is 0 Å². The Morgan fingerprint density at radius 1 is 1.25 bits per heavy atom. The van der Waals surface area contributed by atoms with Crippen LogP contribution in [-0.2, 0) is 6.42 Å². The maximum Gasteiger partial charge on any atom is 0.0849 e. The Hall–Kier alpha value is -0.640. The van der Waals surface area contributed by atoms with Crippen LogP contribution in [0.2, 0.25) is 0 Å². The second-order valence-electron chi connectivity index (χ2n) is 3.88. The van der Waals surface area contributed by atoms with E-state index in [1.54, 1.807) is 11.3 Å². The summed E-state index contributed by atoms with van der Waals surface area (Å²) in [6, 6.07) is 8.28. The van der Waals surface area contributed by atoms with E-state index in [4.69, 9.17) is 0 Å². The van der Waals surface area contributed by atoms with Crippen LogP contribution in [0.25, 0.3) is 0 Å². The van der Waals surface area contributed by atoms with Gasteiger partial charge in [-0.3, -0.25) is 0 Å². The molecule has 0 radical (unpaired) electrons. The molecule has 1 nitrogen and oxygen atoms in total. The number of aliphatic hydroxyl groups excluding tert-OH is 1. The van der Waals surface area contributed by atoms with Crippen molar-refractivity contribution in [2.75, 3.05) is 0 Å². The third-order valence-electron chi connectivity index (χ3n) is 2.55. The van der Waals surface area contributed by atoms with Crippen LogP contribution >= 0.6 is 27.3 Å². The molecule has 0 amide bonds. The number of halogens is 1. The Bertz CT molecular complexity index is 461. The van der Waals surface area contributed by atoms with Crippen molar-refractivity contribution in [1.82, 2.24) is 0 Å². The van der Waals surface area contributed by atoms with E-state index in [1.807, 2.05) is 10.8 Å². The molecule has 0 aliphatic carbocycles. The molecule has 3 heteroatoms. The lowest BCUT2D eigenvalue weighted by Gasteiger charge is -2.10. The van der Waals surface area contributed by atoms with Crippen LogP contribution in [0, 0.1) is 6.92 Å². The Balaban J connectivity index is 2.10. The van der Waals surface area contributed by atoms with E-state index >= 15 is 0 Å². The van der Waals surface area contributed by atoms with E-state index in [0.29, 0.717) is 6.42 Å². The Kier molecular flexibility index (Phi) is 3.79.